The van der Waals surface area contributed by atoms with Crippen LogP contribution in [0.15, 0.2) is 12.5 Å². The Morgan fingerprint density at radius 1 is 1.50 bits per heavy atom. The molecule has 0 radical (unpaired) electrons. The van der Waals surface area contributed by atoms with Gasteiger partial charge < -0.3 is 15.0 Å². The van der Waals surface area contributed by atoms with E-state index in [1.54, 1.807) is 0 Å². The SMILES string of the molecule is CCCn1cncc1CNC(CO)C(C)C. The Hall–Kier alpha value is -0.870. The van der Waals surface area contributed by atoms with Gasteiger partial charge in [-0.25, -0.2) is 4.98 Å². The predicted molar refractivity (Wildman–Crippen MR) is 65.1 cm³/mol. The number of rotatable bonds is 7. The Balaban J connectivity index is 2.49. The van der Waals surface area contributed by atoms with Gasteiger partial charge in [-0.2, -0.15) is 0 Å². The molecule has 92 valence electrons. The molecule has 1 rings (SSSR count). The summed E-state index contributed by atoms with van der Waals surface area (Å²) in [4.78, 5) is 4.15. The minimum absolute atomic E-state index is 0.157. The van der Waals surface area contributed by atoms with Crippen LogP contribution in [0.2, 0.25) is 0 Å². The van der Waals surface area contributed by atoms with Crippen LogP contribution < -0.4 is 5.32 Å². The van der Waals surface area contributed by atoms with Crippen molar-refractivity contribution in [1.82, 2.24) is 14.9 Å². The maximum atomic E-state index is 9.21. The maximum Gasteiger partial charge on any atom is 0.0948 e. The number of hydrogen-bond donors (Lipinski definition) is 2. The molecular weight excluding hydrogens is 202 g/mol. The molecule has 0 aliphatic carbocycles. The highest BCUT2D eigenvalue weighted by molar-refractivity contribution is 4.98. The molecule has 0 aromatic carbocycles. The van der Waals surface area contributed by atoms with Crippen LogP contribution in [0, 0.1) is 5.92 Å². The highest BCUT2D eigenvalue weighted by atomic mass is 16.3. The molecule has 1 heterocycles. The van der Waals surface area contributed by atoms with Crippen molar-refractivity contribution in [3.63, 3.8) is 0 Å². The van der Waals surface area contributed by atoms with Gasteiger partial charge in [0.25, 0.3) is 0 Å². The van der Waals surface area contributed by atoms with Crippen molar-refractivity contribution < 1.29 is 5.11 Å². The molecule has 4 nitrogen and oxygen atoms in total. The Bertz CT molecular complexity index is 296. The first-order chi connectivity index (χ1) is 7.69. The zero-order valence-electron chi connectivity index (χ0n) is 10.5. The number of hydrogen-bond acceptors (Lipinski definition) is 3. The number of aliphatic hydroxyl groups is 1. The van der Waals surface area contributed by atoms with E-state index >= 15 is 0 Å². The van der Waals surface area contributed by atoms with Gasteiger partial charge in [-0.3, -0.25) is 0 Å². The fraction of sp³-hybridized carbons (Fsp3) is 0.750. The molecule has 1 aromatic rings. The normalized spacial score (nSPS) is 13.3. The van der Waals surface area contributed by atoms with Gasteiger partial charge in [-0.15, -0.1) is 0 Å². The molecule has 16 heavy (non-hydrogen) atoms. The van der Waals surface area contributed by atoms with Crippen molar-refractivity contribution in [2.75, 3.05) is 6.61 Å². The first kappa shape index (κ1) is 13.2. The molecule has 0 saturated heterocycles. The monoisotopic (exact) mass is 225 g/mol. The molecule has 0 amide bonds. The smallest absolute Gasteiger partial charge is 0.0948 e. The minimum Gasteiger partial charge on any atom is -0.395 e. The highest BCUT2D eigenvalue weighted by Gasteiger charge is 2.12. The van der Waals surface area contributed by atoms with E-state index in [0.29, 0.717) is 5.92 Å². The van der Waals surface area contributed by atoms with Crippen molar-refractivity contribution in [2.45, 2.75) is 46.3 Å². The van der Waals surface area contributed by atoms with Crippen molar-refractivity contribution in [3.8, 4) is 0 Å². The second-order valence-electron chi connectivity index (χ2n) is 4.49. The van der Waals surface area contributed by atoms with Crippen LogP contribution in [0.3, 0.4) is 0 Å². The fourth-order valence-corrected chi connectivity index (χ4v) is 1.68. The summed E-state index contributed by atoms with van der Waals surface area (Å²) in [5, 5.41) is 12.6. The first-order valence-electron chi connectivity index (χ1n) is 6.02. The van der Waals surface area contributed by atoms with E-state index in [4.69, 9.17) is 0 Å². The lowest BCUT2D eigenvalue weighted by atomic mass is 10.1. The zero-order chi connectivity index (χ0) is 12.0. The summed E-state index contributed by atoms with van der Waals surface area (Å²) in [7, 11) is 0. The third kappa shape index (κ3) is 3.61. The van der Waals surface area contributed by atoms with E-state index < -0.39 is 0 Å². The standard InChI is InChI=1S/C12H23N3O/c1-4-5-15-9-13-6-11(15)7-14-12(8-16)10(2)3/h6,9-10,12,14,16H,4-5,7-8H2,1-3H3. The van der Waals surface area contributed by atoms with E-state index in [0.717, 1.165) is 19.5 Å². The minimum atomic E-state index is 0.157. The third-order valence-corrected chi connectivity index (χ3v) is 2.81. The quantitative estimate of drug-likeness (QED) is 0.737. The Morgan fingerprint density at radius 2 is 2.25 bits per heavy atom. The van der Waals surface area contributed by atoms with Crippen LogP contribution in [-0.2, 0) is 13.1 Å². The number of nitrogens with zero attached hydrogens (tertiary/aromatic N) is 2. The molecule has 0 spiro atoms. The lowest BCUT2D eigenvalue weighted by Gasteiger charge is -2.20. The lowest BCUT2D eigenvalue weighted by molar-refractivity contribution is 0.209. The molecule has 0 aliphatic rings. The Labute approximate surface area is 97.7 Å². The largest absolute Gasteiger partial charge is 0.395 e. The van der Waals surface area contributed by atoms with Crippen LogP contribution in [0.1, 0.15) is 32.9 Å². The molecule has 4 heteroatoms. The highest BCUT2D eigenvalue weighted by Crippen LogP contribution is 2.04. The molecule has 0 saturated carbocycles. The van der Waals surface area contributed by atoms with E-state index in [1.165, 1.54) is 5.69 Å². The van der Waals surface area contributed by atoms with Gasteiger partial charge in [0.1, 0.15) is 0 Å². The first-order valence-corrected chi connectivity index (χ1v) is 6.02. The van der Waals surface area contributed by atoms with Gasteiger partial charge in [0.15, 0.2) is 0 Å². The summed E-state index contributed by atoms with van der Waals surface area (Å²) in [5.74, 6) is 0.438. The molecule has 0 bridgehead atoms. The number of nitrogens with one attached hydrogen (secondary N) is 1. The van der Waals surface area contributed by atoms with Gasteiger partial charge in [-0.05, 0) is 12.3 Å². The van der Waals surface area contributed by atoms with Crippen molar-refractivity contribution in [3.05, 3.63) is 18.2 Å². The average molecular weight is 225 g/mol. The second kappa shape index (κ2) is 6.66. The van der Waals surface area contributed by atoms with Gasteiger partial charge in [-0.1, -0.05) is 20.8 Å². The second-order valence-corrected chi connectivity index (χ2v) is 4.49. The van der Waals surface area contributed by atoms with Crippen LogP contribution in [-0.4, -0.2) is 27.3 Å². The average Bonchev–Trinajstić information content (AvgIpc) is 2.67. The van der Waals surface area contributed by atoms with E-state index in [9.17, 15) is 5.11 Å². The van der Waals surface area contributed by atoms with Crippen LogP contribution >= 0.6 is 0 Å². The number of aryl methyl sites for hydroxylation is 1. The maximum absolute atomic E-state index is 9.21. The number of aromatic nitrogens is 2. The summed E-state index contributed by atoms with van der Waals surface area (Å²) in [6.45, 7) is 8.32. The van der Waals surface area contributed by atoms with Gasteiger partial charge in [0.2, 0.25) is 0 Å². The predicted octanol–water partition coefficient (Wildman–Crippen LogP) is 1.40. The van der Waals surface area contributed by atoms with Crippen LogP contribution in [0.5, 0.6) is 0 Å². The van der Waals surface area contributed by atoms with E-state index in [1.807, 2.05) is 12.5 Å². The van der Waals surface area contributed by atoms with Gasteiger partial charge in [0.05, 0.1) is 18.6 Å². The number of imidazole rings is 1. The van der Waals surface area contributed by atoms with Crippen molar-refractivity contribution in [2.24, 2.45) is 5.92 Å². The molecule has 1 aromatic heterocycles. The lowest BCUT2D eigenvalue weighted by Crippen LogP contribution is -2.37. The van der Waals surface area contributed by atoms with E-state index in [2.05, 4.69) is 35.6 Å². The summed E-state index contributed by atoms with van der Waals surface area (Å²) in [5.41, 5.74) is 1.18. The zero-order valence-corrected chi connectivity index (χ0v) is 10.5. The summed E-state index contributed by atoms with van der Waals surface area (Å²) in [6, 6.07) is 0.157. The molecule has 1 atom stereocenters. The third-order valence-electron chi connectivity index (χ3n) is 2.81. The molecule has 0 aliphatic heterocycles. The molecular formula is C12H23N3O. The van der Waals surface area contributed by atoms with Gasteiger partial charge >= 0.3 is 0 Å². The summed E-state index contributed by atoms with van der Waals surface area (Å²) >= 11 is 0. The van der Waals surface area contributed by atoms with Crippen LogP contribution in [0.4, 0.5) is 0 Å². The molecule has 1 unspecified atom stereocenters. The fourth-order valence-electron chi connectivity index (χ4n) is 1.68. The number of aliphatic hydroxyl groups excluding tert-OH is 1. The topological polar surface area (TPSA) is 50.1 Å². The summed E-state index contributed by atoms with van der Waals surface area (Å²) in [6.07, 6.45) is 4.86. The Kier molecular flexibility index (Phi) is 5.49. The Morgan fingerprint density at radius 3 is 2.81 bits per heavy atom. The van der Waals surface area contributed by atoms with Crippen LogP contribution in [0.25, 0.3) is 0 Å². The van der Waals surface area contributed by atoms with Gasteiger partial charge in [0, 0.05) is 25.3 Å². The van der Waals surface area contributed by atoms with Crippen molar-refractivity contribution >= 4 is 0 Å². The van der Waals surface area contributed by atoms with E-state index in [-0.39, 0.29) is 12.6 Å². The molecule has 0 fully saturated rings. The summed E-state index contributed by atoms with van der Waals surface area (Å²) < 4.78 is 2.15. The van der Waals surface area contributed by atoms with Crippen molar-refractivity contribution in [1.29, 1.82) is 0 Å². The molecule has 2 N–H and O–H groups in total.